The summed E-state index contributed by atoms with van der Waals surface area (Å²) in [5.41, 5.74) is 0. The molecule has 2 N–H and O–H groups in total. The van der Waals surface area contributed by atoms with Gasteiger partial charge in [0.25, 0.3) is 0 Å². The lowest BCUT2D eigenvalue weighted by molar-refractivity contribution is 0.114. The summed E-state index contributed by atoms with van der Waals surface area (Å²) < 4.78 is 5.38. The van der Waals surface area contributed by atoms with E-state index in [0.29, 0.717) is 12.5 Å². The number of benzene rings is 1. The molecule has 0 spiro atoms. The Morgan fingerprint density at radius 1 is 1.19 bits per heavy atom. The molecule has 0 amide bonds. The third kappa shape index (κ3) is 3.45. The first kappa shape index (κ1) is 15.6. The van der Waals surface area contributed by atoms with Gasteiger partial charge in [-0.1, -0.05) is 38.8 Å². The quantitative estimate of drug-likeness (QED) is 0.819. The van der Waals surface area contributed by atoms with Crippen molar-refractivity contribution in [3.8, 4) is 5.75 Å². The van der Waals surface area contributed by atoms with Crippen molar-refractivity contribution in [1.82, 2.24) is 4.98 Å². The molecule has 0 saturated heterocycles. The summed E-state index contributed by atoms with van der Waals surface area (Å²) in [6.45, 7) is 4.73. The number of nitrogens with one attached hydrogen (secondary N) is 1. The average molecular weight is 288 g/mol. The number of anilines is 1. The molecule has 2 rings (SSSR count). The number of fused-ring (bicyclic) bond motifs is 1. The van der Waals surface area contributed by atoms with Crippen LogP contribution in [0.5, 0.6) is 5.75 Å². The van der Waals surface area contributed by atoms with Crippen LogP contribution in [0.1, 0.15) is 26.7 Å². The van der Waals surface area contributed by atoms with Crippen molar-refractivity contribution in [1.29, 1.82) is 0 Å². The first-order chi connectivity index (χ1) is 10.2. The number of aliphatic hydroxyl groups is 1. The molecular formula is C17H24N2O2. The number of methoxy groups -OCH3 is 1. The second-order valence-corrected chi connectivity index (χ2v) is 5.24. The predicted molar refractivity (Wildman–Crippen MR) is 86.9 cm³/mol. The molecule has 0 aliphatic carbocycles. The van der Waals surface area contributed by atoms with Gasteiger partial charge in [-0.3, -0.25) is 0 Å². The second-order valence-electron chi connectivity index (χ2n) is 5.24. The van der Waals surface area contributed by atoms with Gasteiger partial charge in [-0.15, -0.1) is 0 Å². The Morgan fingerprint density at radius 3 is 2.62 bits per heavy atom. The van der Waals surface area contributed by atoms with Crippen LogP contribution in [0.4, 0.5) is 5.82 Å². The zero-order chi connectivity index (χ0) is 15.2. The maximum atomic E-state index is 10.2. The Kier molecular flexibility index (Phi) is 5.39. The van der Waals surface area contributed by atoms with E-state index in [-0.39, 0.29) is 6.10 Å². The van der Waals surface area contributed by atoms with E-state index in [4.69, 9.17) is 4.74 Å². The minimum atomic E-state index is -0.359. The highest BCUT2D eigenvalue weighted by atomic mass is 16.5. The first-order valence-corrected chi connectivity index (χ1v) is 7.54. The van der Waals surface area contributed by atoms with E-state index in [1.54, 1.807) is 13.3 Å². The highest BCUT2D eigenvalue weighted by Crippen LogP contribution is 2.29. The Bertz CT molecular complexity index is 582. The number of aliphatic hydroxyl groups excluding tert-OH is 1. The van der Waals surface area contributed by atoms with Crippen molar-refractivity contribution in [3.05, 3.63) is 30.5 Å². The second kappa shape index (κ2) is 7.27. The molecule has 1 aromatic heterocycles. The number of hydrogen-bond acceptors (Lipinski definition) is 4. The summed E-state index contributed by atoms with van der Waals surface area (Å²) >= 11 is 0. The van der Waals surface area contributed by atoms with Crippen LogP contribution in [0.2, 0.25) is 0 Å². The molecule has 0 bridgehead atoms. The standard InChI is InChI=1S/C17H24N2O2/c1-4-12(5-2)15(20)11-19-17-14-7-6-8-16(21-3)13(14)9-10-18-17/h6-10,12,15,20H,4-5,11H2,1-3H3,(H,18,19). The fourth-order valence-electron chi connectivity index (χ4n) is 2.70. The number of rotatable bonds is 7. The lowest BCUT2D eigenvalue weighted by atomic mass is 9.96. The molecule has 4 heteroatoms. The van der Waals surface area contributed by atoms with E-state index in [9.17, 15) is 5.11 Å². The molecule has 2 aromatic rings. The van der Waals surface area contributed by atoms with E-state index in [1.165, 1.54) is 0 Å². The summed E-state index contributed by atoms with van der Waals surface area (Å²) in [5, 5.41) is 15.5. The van der Waals surface area contributed by atoms with Gasteiger partial charge >= 0.3 is 0 Å². The number of aromatic nitrogens is 1. The Labute approximate surface area is 126 Å². The van der Waals surface area contributed by atoms with Gasteiger partial charge in [0.05, 0.1) is 13.2 Å². The van der Waals surface area contributed by atoms with Gasteiger partial charge in [0, 0.05) is 23.5 Å². The van der Waals surface area contributed by atoms with Crippen LogP contribution in [0.15, 0.2) is 30.5 Å². The number of pyridine rings is 1. The maximum absolute atomic E-state index is 10.2. The zero-order valence-corrected chi connectivity index (χ0v) is 13.0. The SMILES string of the molecule is CCC(CC)C(O)CNc1nccc2c(OC)cccc12. The van der Waals surface area contributed by atoms with Gasteiger partial charge in [0.2, 0.25) is 0 Å². The van der Waals surface area contributed by atoms with Crippen molar-refractivity contribution < 1.29 is 9.84 Å². The molecule has 1 aromatic carbocycles. The van der Waals surface area contributed by atoms with Crippen molar-refractivity contribution in [2.24, 2.45) is 5.92 Å². The molecule has 4 nitrogen and oxygen atoms in total. The Morgan fingerprint density at radius 2 is 1.95 bits per heavy atom. The third-order valence-electron chi connectivity index (χ3n) is 4.06. The molecule has 1 unspecified atom stereocenters. The van der Waals surface area contributed by atoms with Gasteiger partial charge in [0.1, 0.15) is 11.6 Å². The molecule has 1 atom stereocenters. The van der Waals surface area contributed by atoms with E-state index >= 15 is 0 Å². The molecule has 1 heterocycles. The lowest BCUT2D eigenvalue weighted by Gasteiger charge is -2.21. The summed E-state index contributed by atoms with van der Waals surface area (Å²) in [6.07, 6.45) is 3.37. The smallest absolute Gasteiger partial charge is 0.134 e. The average Bonchev–Trinajstić information content (AvgIpc) is 2.53. The fourth-order valence-corrected chi connectivity index (χ4v) is 2.70. The highest BCUT2D eigenvalue weighted by Gasteiger charge is 2.16. The van der Waals surface area contributed by atoms with Crippen LogP contribution >= 0.6 is 0 Å². The minimum absolute atomic E-state index is 0.321. The number of nitrogens with zero attached hydrogens (tertiary/aromatic N) is 1. The fraction of sp³-hybridized carbons (Fsp3) is 0.471. The summed E-state index contributed by atoms with van der Waals surface area (Å²) in [7, 11) is 1.67. The molecule has 0 fully saturated rings. The highest BCUT2D eigenvalue weighted by molar-refractivity contribution is 5.95. The molecular weight excluding hydrogens is 264 g/mol. The van der Waals surface area contributed by atoms with Gasteiger partial charge in [-0.2, -0.15) is 0 Å². The zero-order valence-electron chi connectivity index (χ0n) is 13.0. The lowest BCUT2D eigenvalue weighted by Crippen LogP contribution is -2.28. The van der Waals surface area contributed by atoms with Gasteiger partial charge in [-0.05, 0) is 18.1 Å². The normalized spacial score (nSPS) is 12.6. The van der Waals surface area contributed by atoms with Crippen molar-refractivity contribution >= 4 is 16.6 Å². The number of ether oxygens (including phenoxy) is 1. The van der Waals surface area contributed by atoms with Crippen LogP contribution in [0, 0.1) is 5.92 Å². The van der Waals surface area contributed by atoms with Gasteiger partial charge < -0.3 is 15.2 Å². The maximum Gasteiger partial charge on any atom is 0.134 e. The van der Waals surface area contributed by atoms with E-state index in [0.717, 1.165) is 35.2 Å². The van der Waals surface area contributed by atoms with Crippen LogP contribution < -0.4 is 10.1 Å². The van der Waals surface area contributed by atoms with Crippen LogP contribution in [0.25, 0.3) is 10.8 Å². The Hall–Kier alpha value is -1.81. The van der Waals surface area contributed by atoms with E-state index in [2.05, 4.69) is 24.1 Å². The van der Waals surface area contributed by atoms with Crippen LogP contribution in [-0.4, -0.2) is 29.8 Å². The van der Waals surface area contributed by atoms with Crippen molar-refractivity contribution in [3.63, 3.8) is 0 Å². The van der Waals surface area contributed by atoms with E-state index < -0.39 is 0 Å². The molecule has 0 radical (unpaired) electrons. The predicted octanol–water partition coefficient (Wildman–Crippen LogP) is 3.45. The van der Waals surface area contributed by atoms with Crippen LogP contribution in [0.3, 0.4) is 0 Å². The van der Waals surface area contributed by atoms with E-state index in [1.807, 2.05) is 24.3 Å². The topological polar surface area (TPSA) is 54.4 Å². The van der Waals surface area contributed by atoms with Crippen molar-refractivity contribution in [2.75, 3.05) is 19.0 Å². The minimum Gasteiger partial charge on any atom is -0.496 e. The van der Waals surface area contributed by atoms with Crippen LogP contribution in [-0.2, 0) is 0 Å². The largest absolute Gasteiger partial charge is 0.496 e. The monoisotopic (exact) mass is 288 g/mol. The summed E-state index contributed by atoms with van der Waals surface area (Å²) in [5.74, 6) is 1.94. The third-order valence-corrected chi connectivity index (χ3v) is 4.06. The number of hydrogen-bond donors (Lipinski definition) is 2. The molecule has 0 saturated carbocycles. The Balaban J connectivity index is 2.19. The molecule has 114 valence electrons. The van der Waals surface area contributed by atoms with Gasteiger partial charge in [0.15, 0.2) is 0 Å². The molecule has 0 aliphatic rings. The molecule has 0 aliphatic heterocycles. The summed E-state index contributed by atoms with van der Waals surface area (Å²) in [6, 6.07) is 7.84. The first-order valence-electron chi connectivity index (χ1n) is 7.54. The summed E-state index contributed by atoms with van der Waals surface area (Å²) in [4.78, 5) is 4.39. The van der Waals surface area contributed by atoms with Gasteiger partial charge in [-0.25, -0.2) is 4.98 Å². The molecule has 21 heavy (non-hydrogen) atoms. The van der Waals surface area contributed by atoms with Crippen molar-refractivity contribution in [2.45, 2.75) is 32.8 Å².